The first-order chi connectivity index (χ1) is 11.5. The van der Waals surface area contributed by atoms with Crippen molar-refractivity contribution in [2.24, 2.45) is 5.92 Å². The van der Waals surface area contributed by atoms with Crippen LogP contribution < -0.4 is 5.32 Å². The highest BCUT2D eigenvalue weighted by Gasteiger charge is 2.39. The third kappa shape index (κ3) is 4.94. The van der Waals surface area contributed by atoms with Gasteiger partial charge in [-0.3, -0.25) is 9.48 Å². The molecular weight excluding hydrogens is 337 g/mol. The van der Waals surface area contributed by atoms with Crippen molar-refractivity contribution < 1.29 is 23.1 Å². The Morgan fingerprint density at radius 2 is 2.04 bits per heavy atom. The number of nitrogens with zero attached hydrogens (tertiary/aromatic N) is 3. The van der Waals surface area contributed by atoms with E-state index >= 15 is 0 Å². The molecule has 25 heavy (non-hydrogen) atoms. The molecule has 2 N–H and O–H groups in total. The second-order valence-electron chi connectivity index (χ2n) is 7.00. The summed E-state index contributed by atoms with van der Waals surface area (Å²) in [4.78, 5) is 14.3. The topological polar surface area (TPSA) is 70.4 Å². The molecule has 0 unspecified atom stereocenters. The Kier molecular flexibility index (Phi) is 5.78. The molecular formula is C16H25F3N4O2. The molecule has 0 aliphatic carbocycles. The highest BCUT2D eigenvalue weighted by Crippen LogP contribution is 2.30. The van der Waals surface area contributed by atoms with Crippen LogP contribution in [0.3, 0.4) is 0 Å². The molecule has 9 heteroatoms. The van der Waals surface area contributed by atoms with Crippen LogP contribution in [0.1, 0.15) is 31.2 Å². The number of carbonyl (C=O) groups excluding carboxylic acids is 1. The van der Waals surface area contributed by atoms with Crippen molar-refractivity contribution in [1.29, 1.82) is 0 Å². The predicted octanol–water partition coefficient (Wildman–Crippen LogP) is 1.42. The summed E-state index contributed by atoms with van der Waals surface area (Å²) >= 11 is 0. The minimum Gasteiger partial charge on any atom is -0.380 e. The van der Waals surface area contributed by atoms with Gasteiger partial charge >= 0.3 is 6.18 Å². The maximum Gasteiger partial charge on any atom is 0.433 e. The average molecular weight is 362 g/mol. The van der Waals surface area contributed by atoms with Crippen LogP contribution in [0.2, 0.25) is 0 Å². The summed E-state index contributed by atoms with van der Waals surface area (Å²) in [7, 11) is 1.92. The van der Waals surface area contributed by atoms with Crippen molar-refractivity contribution in [1.82, 2.24) is 20.0 Å². The van der Waals surface area contributed by atoms with Crippen LogP contribution in [0, 0.1) is 12.8 Å². The first-order valence-corrected chi connectivity index (χ1v) is 8.32. The molecule has 0 spiro atoms. The van der Waals surface area contributed by atoms with Gasteiger partial charge in [0, 0.05) is 26.2 Å². The Hall–Kier alpha value is -1.61. The van der Waals surface area contributed by atoms with Gasteiger partial charge in [-0.05, 0) is 38.8 Å². The second-order valence-corrected chi connectivity index (χ2v) is 7.00. The van der Waals surface area contributed by atoms with Gasteiger partial charge in [0.15, 0.2) is 0 Å². The molecule has 2 rings (SSSR count). The maximum absolute atomic E-state index is 13.0. The van der Waals surface area contributed by atoms with Gasteiger partial charge in [-0.2, -0.15) is 18.3 Å². The number of hydrogen-bond acceptors (Lipinski definition) is 4. The Balaban J connectivity index is 1.91. The van der Waals surface area contributed by atoms with E-state index in [0.29, 0.717) is 31.6 Å². The maximum atomic E-state index is 13.0. The molecule has 0 aromatic carbocycles. The number of carbonyl (C=O) groups is 1. The fourth-order valence-corrected chi connectivity index (χ4v) is 2.92. The van der Waals surface area contributed by atoms with E-state index in [9.17, 15) is 23.1 Å². The monoisotopic (exact) mass is 362 g/mol. The van der Waals surface area contributed by atoms with Crippen molar-refractivity contribution in [3.05, 3.63) is 17.5 Å². The molecule has 2 heterocycles. The van der Waals surface area contributed by atoms with Crippen LogP contribution in [-0.4, -0.2) is 58.0 Å². The fourth-order valence-electron chi connectivity index (χ4n) is 2.92. The van der Waals surface area contributed by atoms with Gasteiger partial charge in [0.05, 0.1) is 5.69 Å². The lowest BCUT2D eigenvalue weighted by atomic mass is 9.90. The molecule has 6 nitrogen and oxygen atoms in total. The molecule has 0 radical (unpaired) electrons. The van der Waals surface area contributed by atoms with Crippen molar-refractivity contribution in [2.45, 2.75) is 45.0 Å². The van der Waals surface area contributed by atoms with E-state index in [1.165, 1.54) is 6.92 Å². The Labute approximate surface area is 145 Å². The van der Waals surface area contributed by atoms with E-state index in [1.807, 2.05) is 11.9 Å². The van der Waals surface area contributed by atoms with Gasteiger partial charge in [-0.25, -0.2) is 0 Å². The van der Waals surface area contributed by atoms with Gasteiger partial charge in [0.2, 0.25) is 0 Å². The van der Waals surface area contributed by atoms with Crippen LogP contribution in [0.4, 0.5) is 13.2 Å². The number of piperidine rings is 1. The Morgan fingerprint density at radius 1 is 1.44 bits per heavy atom. The van der Waals surface area contributed by atoms with Crippen molar-refractivity contribution in [2.75, 3.05) is 26.7 Å². The Morgan fingerprint density at radius 3 is 2.60 bits per heavy atom. The van der Waals surface area contributed by atoms with Crippen molar-refractivity contribution in [3.63, 3.8) is 0 Å². The fraction of sp³-hybridized carbons (Fsp3) is 0.750. The molecule has 0 saturated carbocycles. The molecule has 1 fully saturated rings. The minimum absolute atomic E-state index is 0.0319. The third-order valence-electron chi connectivity index (χ3n) is 4.53. The highest BCUT2D eigenvalue weighted by molar-refractivity contribution is 5.85. The third-order valence-corrected chi connectivity index (χ3v) is 4.53. The lowest BCUT2D eigenvalue weighted by Gasteiger charge is -2.35. The molecule has 1 aromatic heterocycles. The minimum atomic E-state index is -4.46. The molecule has 142 valence electrons. The molecule has 1 aliphatic heterocycles. The van der Waals surface area contributed by atoms with E-state index in [4.69, 9.17) is 0 Å². The van der Waals surface area contributed by atoms with E-state index in [2.05, 4.69) is 10.4 Å². The molecule has 1 aliphatic rings. The predicted molar refractivity (Wildman–Crippen MR) is 85.8 cm³/mol. The van der Waals surface area contributed by atoms with Crippen LogP contribution in [-0.2, 0) is 17.5 Å². The number of alkyl halides is 3. The number of hydrogen-bond donors (Lipinski definition) is 2. The van der Waals surface area contributed by atoms with Crippen LogP contribution in [0.25, 0.3) is 0 Å². The zero-order chi connectivity index (χ0) is 18.8. The highest BCUT2D eigenvalue weighted by atomic mass is 19.4. The number of halogens is 3. The summed E-state index contributed by atoms with van der Waals surface area (Å²) in [6, 6.07) is 1.01. The first-order valence-electron chi connectivity index (χ1n) is 8.32. The lowest BCUT2D eigenvalue weighted by Crippen LogP contribution is -2.53. The molecule has 1 saturated heterocycles. The van der Waals surface area contributed by atoms with Crippen LogP contribution in [0.5, 0.6) is 0 Å². The average Bonchev–Trinajstić information content (AvgIpc) is 2.88. The Bertz CT molecular complexity index is 607. The SMILES string of the molecule is Cc1cc(C(F)(F)F)n(C[C@@H](C)CNC(=O)C2(O)CCN(C)CC2)n1. The van der Waals surface area contributed by atoms with Gasteiger partial charge in [0.1, 0.15) is 11.3 Å². The zero-order valence-corrected chi connectivity index (χ0v) is 14.7. The number of nitrogens with one attached hydrogen (secondary N) is 1. The largest absolute Gasteiger partial charge is 0.433 e. The number of aromatic nitrogens is 2. The first kappa shape index (κ1) is 19.7. The summed E-state index contributed by atoms with van der Waals surface area (Å²) in [5.74, 6) is -0.723. The summed E-state index contributed by atoms with van der Waals surface area (Å²) in [6.45, 7) is 4.70. The van der Waals surface area contributed by atoms with E-state index in [-0.39, 0.29) is 19.0 Å². The quantitative estimate of drug-likeness (QED) is 0.831. The summed E-state index contributed by atoms with van der Waals surface area (Å²) in [5.41, 5.74) is -1.90. The standard InChI is InChI=1S/C16H25F3N4O2/c1-11(10-23-13(16(17,18)19)8-12(2)21-23)9-20-14(24)15(25)4-6-22(3)7-5-15/h8,11,25H,4-7,9-10H2,1-3H3,(H,20,24)/t11-/m0/s1. The van der Waals surface area contributed by atoms with Gasteiger partial charge < -0.3 is 15.3 Å². The number of likely N-dealkylation sites (tertiary alicyclic amines) is 1. The number of rotatable bonds is 5. The van der Waals surface area contributed by atoms with Gasteiger partial charge in [-0.15, -0.1) is 0 Å². The summed E-state index contributed by atoms with van der Waals surface area (Å²) in [5, 5.41) is 17.0. The lowest BCUT2D eigenvalue weighted by molar-refractivity contribution is -0.145. The smallest absolute Gasteiger partial charge is 0.380 e. The molecule has 1 atom stereocenters. The second kappa shape index (κ2) is 7.33. The molecule has 0 bridgehead atoms. The van der Waals surface area contributed by atoms with Crippen LogP contribution in [0.15, 0.2) is 6.07 Å². The summed E-state index contributed by atoms with van der Waals surface area (Å²) < 4.78 is 39.9. The number of aliphatic hydroxyl groups is 1. The zero-order valence-electron chi connectivity index (χ0n) is 14.7. The van der Waals surface area contributed by atoms with E-state index < -0.39 is 23.4 Å². The molecule has 1 aromatic rings. The van der Waals surface area contributed by atoms with E-state index in [0.717, 1.165) is 10.7 Å². The van der Waals surface area contributed by atoms with Gasteiger partial charge in [-0.1, -0.05) is 6.92 Å². The normalized spacial score (nSPS) is 19.6. The van der Waals surface area contributed by atoms with Crippen LogP contribution >= 0.6 is 0 Å². The molecule has 1 amide bonds. The summed E-state index contributed by atoms with van der Waals surface area (Å²) in [6.07, 6.45) is -3.77. The van der Waals surface area contributed by atoms with Crippen molar-refractivity contribution in [3.8, 4) is 0 Å². The van der Waals surface area contributed by atoms with Gasteiger partial charge in [0.25, 0.3) is 5.91 Å². The van der Waals surface area contributed by atoms with E-state index in [1.54, 1.807) is 6.92 Å². The number of amides is 1. The van der Waals surface area contributed by atoms with Crippen molar-refractivity contribution >= 4 is 5.91 Å². The number of aryl methyl sites for hydroxylation is 1.